The molecular weight excluding hydrogens is 1240 g/mol. The number of carboxylic acids is 2. The molecule has 93 heavy (non-hydrogen) atoms. The Balaban J connectivity index is 0.000000423. The summed E-state index contributed by atoms with van der Waals surface area (Å²) in [5.74, 6) is -5.51. The van der Waals surface area contributed by atoms with Crippen molar-refractivity contribution in [2.24, 2.45) is 0 Å². The normalized spacial score (nSPS) is 12.3. The van der Waals surface area contributed by atoms with Crippen molar-refractivity contribution in [2.45, 2.75) is 113 Å². The van der Waals surface area contributed by atoms with E-state index < -0.39 is 77.1 Å². The number of benzene rings is 3. The van der Waals surface area contributed by atoms with E-state index in [4.69, 9.17) is 50.7 Å². The topological polar surface area (TPSA) is 497 Å². The quantitative estimate of drug-likeness (QED) is 0.0149. The average molecular weight is 1320 g/mol. The fraction of sp³-hybridized carbons (Fsp3) is 0.414. The second kappa shape index (κ2) is 38.3. The van der Waals surface area contributed by atoms with Gasteiger partial charge < -0.3 is 56.3 Å². The maximum atomic E-state index is 12.3. The maximum Gasteiger partial charge on any atom is 0.414 e. The van der Waals surface area contributed by atoms with Crippen LogP contribution in [-0.2, 0) is 64.9 Å². The third kappa shape index (κ3) is 26.2. The number of H-pyrrole nitrogens is 1. The smallest absolute Gasteiger partial charge is 0.414 e. The number of rotatable bonds is 21. The van der Waals surface area contributed by atoms with Crippen LogP contribution in [0.2, 0.25) is 0 Å². The first-order chi connectivity index (χ1) is 43.0. The number of carbonyl (C=O) groups is 4. The van der Waals surface area contributed by atoms with Gasteiger partial charge in [0.25, 0.3) is 0 Å². The molecule has 506 valence electrons. The van der Waals surface area contributed by atoms with Crippen molar-refractivity contribution in [3.8, 4) is 5.88 Å². The van der Waals surface area contributed by atoms with Gasteiger partial charge in [-0.2, -0.15) is 13.4 Å². The highest BCUT2D eigenvalue weighted by molar-refractivity contribution is 7.87. The summed E-state index contributed by atoms with van der Waals surface area (Å²) in [7, 11) is -4.27. The number of hydrogen-bond donors (Lipinski definition) is 7. The number of carboxylic acid groups (broad SMARTS) is 2. The standard InChI is InChI=1S/C21H28N6O4.C16H24N2O2.C12H12N4O5S.C5H6N4O3.C2H2O4.2CH4/c1-3-31-18(28)14-26(21-19(27(29)30)20(22)23-15(2)24-21)13-17-8-6-7-16(11-17)12-25-9-4-5-10-25;1-2-20-16(19)12-17-11-14-6-5-7-15(10-14)13-18-8-3-4-9-18;1-7-3-5-9(6-4-7)22(19,20)21-12-10(16(17)18)11(13)14-8(2)15-12;1-2-7-4(6)3(9(11)12)5(10)8-2;3-1(4)2(5)6;;/h6-8,11H,3-5,9-10,12-14H2,1-2H3,(H2,22,23,24);5-7,10,17H,2-4,8-9,11-13H2,1H3;3-6H,1-2H3,(H2,13,14,15);1H3,(H3,6,7,8,10);(H,3,4)(H,5,6);2*1H4. The molecule has 0 aliphatic carbocycles. The van der Waals surface area contributed by atoms with Gasteiger partial charge in [-0.05, 0) is 128 Å². The van der Waals surface area contributed by atoms with E-state index in [2.05, 4.69) is 81.4 Å². The molecule has 0 spiro atoms. The number of aromatic nitrogens is 6. The van der Waals surface area contributed by atoms with Gasteiger partial charge in [0.05, 0.1) is 34.5 Å². The van der Waals surface area contributed by atoms with Gasteiger partial charge in [-0.25, -0.2) is 29.5 Å². The van der Waals surface area contributed by atoms with E-state index in [9.17, 15) is 53.1 Å². The number of carbonyl (C=O) groups excluding carboxylic acids is 2. The van der Waals surface area contributed by atoms with E-state index in [0.717, 1.165) is 42.9 Å². The summed E-state index contributed by atoms with van der Waals surface area (Å²) in [5.41, 5.74) is 19.1. The number of nitrogen functional groups attached to an aromatic ring is 3. The molecule has 5 heterocycles. The first-order valence-corrected chi connectivity index (χ1v) is 29.3. The van der Waals surface area contributed by atoms with Crippen LogP contribution in [0.15, 0.2) is 82.5 Å². The van der Waals surface area contributed by atoms with Gasteiger partial charge in [0.2, 0.25) is 23.3 Å². The van der Waals surface area contributed by atoms with Gasteiger partial charge in [0, 0.05) is 26.2 Å². The third-order valence-corrected chi connectivity index (χ3v) is 13.9. The van der Waals surface area contributed by atoms with Crippen LogP contribution in [0.4, 0.5) is 40.3 Å². The van der Waals surface area contributed by atoms with E-state index in [1.165, 1.54) is 80.8 Å². The molecule has 0 unspecified atom stereocenters. The molecule has 0 saturated carbocycles. The minimum atomic E-state index is -4.27. The molecular formula is C58H80N16O18S. The predicted molar refractivity (Wildman–Crippen MR) is 342 cm³/mol. The van der Waals surface area contributed by atoms with Crippen LogP contribution in [0.25, 0.3) is 0 Å². The number of nitro groups is 3. The van der Waals surface area contributed by atoms with E-state index in [1.807, 2.05) is 19.1 Å². The summed E-state index contributed by atoms with van der Waals surface area (Å²) in [6, 6.07) is 22.4. The predicted octanol–water partition coefficient (Wildman–Crippen LogP) is 5.72. The molecule has 34 nitrogen and oxygen atoms in total. The third-order valence-electron chi connectivity index (χ3n) is 12.7. The number of anilines is 4. The summed E-state index contributed by atoms with van der Waals surface area (Å²) in [5, 5.41) is 50.8. The second-order valence-electron chi connectivity index (χ2n) is 19.9. The first-order valence-electron chi connectivity index (χ1n) is 27.9. The van der Waals surface area contributed by atoms with Crippen LogP contribution in [-0.4, -0.2) is 149 Å². The van der Waals surface area contributed by atoms with E-state index in [0.29, 0.717) is 13.2 Å². The maximum absolute atomic E-state index is 12.3. The Morgan fingerprint density at radius 2 is 1.10 bits per heavy atom. The summed E-state index contributed by atoms with van der Waals surface area (Å²) in [6.45, 7) is 18.0. The van der Waals surface area contributed by atoms with Gasteiger partial charge in [0.1, 0.15) is 28.9 Å². The van der Waals surface area contributed by atoms with Crippen molar-refractivity contribution in [1.29, 1.82) is 0 Å². The highest BCUT2D eigenvalue weighted by atomic mass is 32.2. The van der Waals surface area contributed by atoms with Gasteiger partial charge in [-0.15, -0.1) is 0 Å². The van der Waals surface area contributed by atoms with Crippen LogP contribution in [0.1, 0.15) is 99.7 Å². The van der Waals surface area contributed by atoms with Crippen molar-refractivity contribution in [2.75, 3.05) is 74.6 Å². The molecule has 10 N–H and O–H groups in total. The first kappa shape index (κ1) is 78.7. The molecule has 2 saturated heterocycles. The van der Waals surface area contributed by atoms with Crippen molar-refractivity contribution in [3.05, 3.63) is 159 Å². The fourth-order valence-electron chi connectivity index (χ4n) is 8.77. The summed E-state index contributed by atoms with van der Waals surface area (Å²) < 4.78 is 39.1. The van der Waals surface area contributed by atoms with Crippen molar-refractivity contribution < 1.29 is 66.2 Å². The second-order valence-corrected chi connectivity index (χ2v) is 21.5. The molecule has 2 aliphatic heterocycles. The zero-order chi connectivity index (χ0) is 67.5. The van der Waals surface area contributed by atoms with Crippen LogP contribution >= 0.6 is 0 Å². The summed E-state index contributed by atoms with van der Waals surface area (Å²) >= 11 is 0. The lowest BCUT2D eigenvalue weighted by Gasteiger charge is -2.23. The molecule has 35 heteroatoms. The van der Waals surface area contributed by atoms with Gasteiger partial charge >= 0.3 is 62.5 Å². The molecule has 8 rings (SSSR count). The summed E-state index contributed by atoms with van der Waals surface area (Å²) in [6.07, 6.45) is 5.07. The van der Waals surface area contributed by atoms with E-state index in [1.54, 1.807) is 32.9 Å². The molecule has 0 radical (unpaired) electrons. The molecule has 3 aromatic heterocycles. The number of esters is 2. The number of nitrogens with one attached hydrogen (secondary N) is 2. The van der Waals surface area contributed by atoms with Crippen LogP contribution < -0.4 is 37.2 Å². The SMILES string of the molecule is C.C.CCOC(=O)CN(Cc1cccc(CN2CCCC2)c1)c1nc(C)nc(N)c1[N+](=O)[O-].CCOC(=O)CNCc1cccc(CN2CCCC2)c1.Cc1ccc(S(=O)(=O)Oc2nc(C)nc(N)c2[N+](=O)[O-])cc1.Cc1nc(N)c([N+](=O)[O-])c(=O)[nH]1.O=C(O)C(=O)O. The van der Waals surface area contributed by atoms with Crippen molar-refractivity contribution >= 4 is 74.3 Å². The fourth-order valence-corrected chi connectivity index (χ4v) is 9.66. The van der Waals surface area contributed by atoms with Crippen LogP contribution in [0, 0.1) is 58.0 Å². The van der Waals surface area contributed by atoms with Crippen LogP contribution in [0.3, 0.4) is 0 Å². The highest BCUT2D eigenvalue weighted by Gasteiger charge is 2.31. The Labute approximate surface area is 536 Å². The lowest BCUT2D eigenvalue weighted by Crippen LogP contribution is -2.32. The lowest BCUT2D eigenvalue weighted by atomic mass is 10.1. The molecule has 3 aromatic carbocycles. The molecule has 0 amide bonds. The van der Waals surface area contributed by atoms with Gasteiger partial charge in [-0.1, -0.05) is 81.1 Å². The molecule has 2 fully saturated rings. The monoisotopic (exact) mass is 1320 g/mol. The minimum Gasteiger partial charge on any atom is -0.473 e. The Hall–Kier alpha value is -10.4. The molecule has 2 aliphatic rings. The highest BCUT2D eigenvalue weighted by Crippen LogP contribution is 2.33. The largest absolute Gasteiger partial charge is 0.473 e. The van der Waals surface area contributed by atoms with Crippen molar-refractivity contribution in [1.82, 2.24) is 45.0 Å². The Morgan fingerprint density at radius 1 is 0.645 bits per heavy atom. The number of aromatic amines is 1. The molecule has 0 atom stereocenters. The van der Waals surface area contributed by atoms with Crippen molar-refractivity contribution in [3.63, 3.8) is 0 Å². The number of ether oxygens (including phenoxy) is 2. The van der Waals surface area contributed by atoms with E-state index >= 15 is 0 Å². The average Bonchev–Trinajstić information content (AvgIpc) is 1.33. The minimum absolute atomic E-state index is 0. The number of aliphatic carboxylic acids is 2. The molecule has 6 aromatic rings. The lowest BCUT2D eigenvalue weighted by molar-refractivity contribution is -0.385. The Morgan fingerprint density at radius 3 is 1.58 bits per heavy atom. The van der Waals surface area contributed by atoms with Crippen LogP contribution in [0.5, 0.6) is 5.88 Å². The molecule has 0 bridgehead atoms. The Kier molecular flexibility index (Phi) is 32.4. The number of hydrogen-bond acceptors (Lipinski definition) is 28. The zero-order valence-corrected chi connectivity index (χ0v) is 51.5. The zero-order valence-electron chi connectivity index (χ0n) is 50.7. The number of aryl methyl sites for hydroxylation is 4. The number of nitrogens with two attached hydrogens (primary N) is 3. The Bertz CT molecular complexity index is 3690. The van der Waals surface area contributed by atoms with E-state index in [-0.39, 0.29) is 86.9 Å². The summed E-state index contributed by atoms with van der Waals surface area (Å²) in [4.78, 5) is 110. The number of likely N-dealkylation sites (tertiary alicyclic amines) is 2. The van der Waals surface area contributed by atoms with Gasteiger partial charge in [0.15, 0.2) is 0 Å². The number of nitrogens with zero attached hydrogens (tertiary/aromatic N) is 11. The van der Waals surface area contributed by atoms with Gasteiger partial charge in [-0.3, -0.25) is 54.5 Å².